The average Bonchev–Trinajstić information content (AvgIpc) is 2.92. The second-order valence-corrected chi connectivity index (χ2v) is 5.87. The number of carbonyl (C=O) groups excluding carboxylic acids is 2. The summed E-state index contributed by atoms with van der Waals surface area (Å²) >= 11 is 0. The molecule has 1 aromatic carbocycles. The highest BCUT2D eigenvalue weighted by atomic mass is 16.4. The number of oxazole rings is 1. The molecule has 1 aromatic heterocycles. The Hall–Kier alpha value is -2.37. The van der Waals surface area contributed by atoms with Gasteiger partial charge in [-0.25, -0.2) is 4.98 Å². The van der Waals surface area contributed by atoms with Gasteiger partial charge in [0.25, 0.3) is 5.89 Å². The number of nitrogens with one attached hydrogen (secondary N) is 1. The van der Waals surface area contributed by atoms with Gasteiger partial charge in [0.15, 0.2) is 5.58 Å². The standard InChI is InChI=1S/C17H21N3O3/c1-2-10-20-11-9-12(7-8-15(20)21)18-16(22)17-19-13-5-3-4-6-14(13)23-17/h3-6,12H,2,7-11H2,1H3,(H,18,22). The fourth-order valence-corrected chi connectivity index (χ4v) is 2.90. The van der Waals surface area contributed by atoms with E-state index < -0.39 is 0 Å². The van der Waals surface area contributed by atoms with Crippen LogP contribution in [0.1, 0.15) is 43.3 Å². The molecule has 0 saturated carbocycles. The first-order valence-electron chi connectivity index (χ1n) is 8.11. The highest BCUT2D eigenvalue weighted by Gasteiger charge is 2.24. The van der Waals surface area contributed by atoms with Gasteiger partial charge in [-0.05, 0) is 31.4 Å². The van der Waals surface area contributed by atoms with Crippen molar-refractivity contribution in [2.24, 2.45) is 0 Å². The van der Waals surface area contributed by atoms with Crippen molar-refractivity contribution in [1.82, 2.24) is 15.2 Å². The molecule has 1 aliphatic rings. The molecule has 1 N–H and O–H groups in total. The van der Waals surface area contributed by atoms with E-state index in [1.165, 1.54) is 0 Å². The zero-order valence-corrected chi connectivity index (χ0v) is 13.2. The lowest BCUT2D eigenvalue weighted by atomic mass is 10.1. The average molecular weight is 315 g/mol. The van der Waals surface area contributed by atoms with Gasteiger partial charge in [-0.3, -0.25) is 9.59 Å². The molecule has 122 valence electrons. The van der Waals surface area contributed by atoms with Gasteiger partial charge in [0, 0.05) is 25.6 Å². The molecular formula is C17H21N3O3. The monoisotopic (exact) mass is 315 g/mol. The first kappa shape index (κ1) is 15.5. The Morgan fingerprint density at radius 3 is 3.00 bits per heavy atom. The maximum atomic E-state index is 12.3. The zero-order valence-electron chi connectivity index (χ0n) is 13.2. The number of para-hydroxylation sites is 2. The molecule has 3 rings (SSSR count). The number of aromatic nitrogens is 1. The Labute approximate surface area is 134 Å². The van der Waals surface area contributed by atoms with Crippen LogP contribution in [0.2, 0.25) is 0 Å². The van der Waals surface area contributed by atoms with E-state index in [1.807, 2.05) is 23.1 Å². The second kappa shape index (κ2) is 6.81. The minimum atomic E-state index is -0.317. The van der Waals surface area contributed by atoms with Crippen molar-refractivity contribution in [1.29, 1.82) is 0 Å². The molecule has 1 fully saturated rings. The van der Waals surface area contributed by atoms with Gasteiger partial charge in [-0.1, -0.05) is 19.1 Å². The van der Waals surface area contributed by atoms with E-state index in [0.29, 0.717) is 30.5 Å². The van der Waals surface area contributed by atoms with Crippen LogP contribution in [0.25, 0.3) is 11.1 Å². The summed E-state index contributed by atoms with van der Waals surface area (Å²) in [6.45, 7) is 3.53. The van der Waals surface area contributed by atoms with E-state index >= 15 is 0 Å². The summed E-state index contributed by atoms with van der Waals surface area (Å²) in [5, 5.41) is 2.95. The number of likely N-dealkylation sites (tertiary alicyclic amines) is 1. The Balaban J connectivity index is 1.64. The fourth-order valence-electron chi connectivity index (χ4n) is 2.90. The molecule has 23 heavy (non-hydrogen) atoms. The van der Waals surface area contributed by atoms with Crippen molar-refractivity contribution in [3.8, 4) is 0 Å². The molecule has 0 spiro atoms. The number of rotatable bonds is 4. The number of hydrogen-bond donors (Lipinski definition) is 1. The molecule has 2 heterocycles. The highest BCUT2D eigenvalue weighted by molar-refractivity contribution is 5.92. The van der Waals surface area contributed by atoms with E-state index in [-0.39, 0.29) is 23.7 Å². The van der Waals surface area contributed by atoms with Crippen molar-refractivity contribution in [3.63, 3.8) is 0 Å². The van der Waals surface area contributed by atoms with Gasteiger partial charge < -0.3 is 14.6 Å². The number of fused-ring (bicyclic) bond motifs is 1. The third kappa shape index (κ3) is 3.52. The van der Waals surface area contributed by atoms with Crippen LogP contribution >= 0.6 is 0 Å². The van der Waals surface area contributed by atoms with Gasteiger partial charge in [0.1, 0.15) is 5.52 Å². The predicted octanol–water partition coefficient (Wildman–Crippen LogP) is 2.35. The van der Waals surface area contributed by atoms with Crippen LogP contribution < -0.4 is 5.32 Å². The topological polar surface area (TPSA) is 75.4 Å². The first-order chi connectivity index (χ1) is 11.2. The number of carbonyl (C=O) groups is 2. The number of hydrogen-bond acceptors (Lipinski definition) is 4. The van der Waals surface area contributed by atoms with E-state index in [9.17, 15) is 9.59 Å². The molecule has 1 atom stereocenters. The summed E-state index contributed by atoms with van der Waals surface area (Å²) in [5.74, 6) is -0.0692. The van der Waals surface area contributed by atoms with Crippen LogP contribution in [0.15, 0.2) is 28.7 Å². The van der Waals surface area contributed by atoms with Gasteiger partial charge in [0.05, 0.1) is 0 Å². The van der Waals surface area contributed by atoms with Crippen molar-refractivity contribution >= 4 is 22.9 Å². The van der Waals surface area contributed by atoms with Gasteiger partial charge in [-0.15, -0.1) is 0 Å². The largest absolute Gasteiger partial charge is 0.432 e. The highest BCUT2D eigenvalue weighted by Crippen LogP contribution is 2.16. The molecule has 0 bridgehead atoms. The maximum Gasteiger partial charge on any atom is 0.307 e. The lowest BCUT2D eigenvalue weighted by Gasteiger charge is -2.20. The van der Waals surface area contributed by atoms with Crippen LogP contribution in [-0.4, -0.2) is 40.8 Å². The summed E-state index contributed by atoms with van der Waals surface area (Å²) in [6, 6.07) is 7.26. The Morgan fingerprint density at radius 2 is 2.22 bits per heavy atom. The molecule has 2 amide bonds. The molecule has 1 unspecified atom stereocenters. The SMILES string of the molecule is CCCN1CCC(NC(=O)c2nc3ccccc3o2)CCC1=O. The van der Waals surface area contributed by atoms with Gasteiger partial charge in [-0.2, -0.15) is 0 Å². The smallest absolute Gasteiger partial charge is 0.307 e. The number of nitrogens with zero attached hydrogens (tertiary/aromatic N) is 2. The zero-order chi connectivity index (χ0) is 16.2. The summed E-state index contributed by atoms with van der Waals surface area (Å²) in [6.07, 6.45) is 2.84. The molecule has 1 aliphatic heterocycles. The minimum Gasteiger partial charge on any atom is -0.432 e. The molecule has 6 nitrogen and oxygen atoms in total. The normalized spacial score (nSPS) is 18.9. The molecule has 0 radical (unpaired) electrons. The summed E-state index contributed by atoms with van der Waals surface area (Å²) in [7, 11) is 0. The lowest BCUT2D eigenvalue weighted by Crippen LogP contribution is -2.36. The fraction of sp³-hybridized carbons (Fsp3) is 0.471. The molecular weight excluding hydrogens is 294 g/mol. The van der Waals surface area contributed by atoms with Crippen LogP contribution in [0.4, 0.5) is 0 Å². The van der Waals surface area contributed by atoms with Crippen molar-refractivity contribution in [3.05, 3.63) is 30.2 Å². The van der Waals surface area contributed by atoms with Crippen LogP contribution in [-0.2, 0) is 4.79 Å². The molecule has 1 saturated heterocycles. The Kier molecular flexibility index (Phi) is 4.60. The molecule has 2 aromatic rings. The van der Waals surface area contributed by atoms with Gasteiger partial charge >= 0.3 is 5.91 Å². The van der Waals surface area contributed by atoms with Crippen molar-refractivity contribution in [2.45, 2.75) is 38.6 Å². The van der Waals surface area contributed by atoms with Crippen LogP contribution in [0.3, 0.4) is 0 Å². The van der Waals surface area contributed by atoms with E-state index in [4.69, 9.17) is 4.42 Å². The minimum absolute atomic E-state index is 0.0247. The quantitative estimate of drug-likeness (QED) is 0.939. The third-order valence-electron chi connectivity index (χ3n) is 4.12. The van der Waals surface area contributed by atoms with E-state index in [0.717, 1.165) is 19.4 Å². The summed E-state index contributed by atoms with van der Waals surface area (Å²) in [5.41, 5.74) is 1.27. The van der Waals surface area contributed by atoms with Crippen LogP contribution in [0, 0.1) is 0 Å². The maximum absolute atomic E-state index is 12.3. The summed E-state index contributed by atoms with van der Waals surface area (Å²) in [4.78, 5) is 30.4. The molecule has 0 aliphatic carbocycles. The predicted molar refractivity (Wildman–Crippen MR) is 86.0 cm³/mol. The van der Waals surface area contributed by atoms with E-state index in [1.54, 1.807) is 6.07 Å². The summed E-state index contributed by atoms with van der Waals surface area (Å²) < 4.78 is 5.48. The van der Waals surface area contributed by atoms with Crippen LogP contribution in [0.5, 0.6) is 0 Å². The number of benzene rings is 1. The van der Waals surface area contributed by atoms with E-state index in [2.05, 4.69) is 17.2 Å². The third-order valence-corrected chi connectivity index (χ3v) is 4.12. The Bertz CT molecular complexity index is 677. The first-order valence-corrected chi connectivity index (χ1v) is 8.11. The van der Waals surface area contributed by atoms with Gasteiger partial charge in [0.2, 0.25) is 5.91 Å². The number of amides is 2. The molecule has 6 heteroatoms. The van der Waals surface area contributed by atoms with Crippen molar-refractivity contribution in [2.75, 3.05) is 13.1 Å². The lowest BCUT2D eigenvalue weighted by molar-refractivity contribution is -0.130. The second-order valence-electron chi connectivity index (χ2n) is 5.87. The Morgan fingerprint density at radius 1 is 1.39 bits per heavy atom. The van der Waals surface area contributed by atoms with Crippen molar-refractivity contribution < 1.29 is 14.0 Å².